The van der Waals surface area contributed by atoms with E-state index in [1.165, 1.54) is 18.5 Å². The van der Waals surface area contributed by atoms with Crippen molar-refractivity contribution in [3.8, 4) is 0 Å². The molecule has 1 aromatic rings. The molecule has 2 aliphatic heterocycles. The van der Waals surface area contributed by atoms with Gasteiger partial charge in [-0.15, -0.1) is 0 Å². The van der Waals surface area contributed by atoms with Gasteiger partial charge in [0.2, 0.25) is 5.91 Å². The Morgan fingerprint density at radius 2 is 1.84 bits per heavy atom. The third-order valence-corrected chi connectivity index (χ3v) is 5.98. The highest BCUT2D eigenvalue weighted by Crippen LogP contribution is 2.34. The number of carboxylic acids is 1. The lowest BCUT2D eigenvalue weighted by Gasteiger charge is -2.33. The van der Waals surface area contributed by atoms with Crippen molar-refractivity contribution in [3.63, 3.8) is 0 Å². The minimum atomic E-state index is -5.08. The Balaban J connectivity index is 0.000000360. The molecule has 1 aliphatic carbocycles. The summed E-state index contributed by atoms with van der Waals surface area (Å²) >= 11 is 0. The third kappa shape index (κ3) is 6.93. The van der Waals surface area contributed by atoms with Crippen molar-refractivity contribution in [3.05, 3.63) is 17.7 Å². The first kappa shape index (κ1) is 24.5. The fourth-order valence-corrected chi connectivity index (χ4v) is 4.01. The van der Waals surface area contributed by atoms with E-state index >= 15 is 0 Å². The standard InChI is InChI=1S/C19H29N3O3.C2HF3O2/c1-14(23)21-9-17(12-25-11-16-4-6-24-7-5-16)19-18(10-21)20-13-22(19)8-15-2-3-15;3-2(4,5)1(6)7/h13,15-17H,2-12H2,1H3;(H,6,7). The van der Waals surface area contributed by atoms with E-state index < -0.39 is 12.1 Å². The molecular formula is C21H30F3N3O5. The van der Waals surface area contributed by atoms with Crippen molar-refractivity contribution in [2.24, 2.45) is 11.8 Å². The van der Waals surface area contributed by atoms with Crippen LogP contribution in [0.4, 0.5) is 13.2 Å². The minimum absolute atomic E-state index is 0.122. The van der Waals surface area contributed by atoms with Gasteiger partial charge in [0.25, 0.3) is 0 Å². The molecule has 0 bridgehead atoms. The number of aromatic nitrogens is 2. The lowest BCUT2D eigenvalue weighted by Crippen LogP contribution is -2.39. The van der Waals surface area contributed by atoms with Crippen molar-refractivity contribution in [2.45, 2.75) is 57.8 Å². The molecule has 4 rings (SSSR count). The number of ether oxygens (including phenoxy) is 2. The summed E-state index contributed by atoms with van der Waals surface area (Å²) in [5.74, 6) is -0.983. The molecule has 2 fully saturated rings. The lowest BCUT2D eigenvalue weighted by atomic mass is 9.98. The monoisotopic (exact) mass is 461 g/mol. The molecule has 8 nitrogen and oxygen atoms in total. The minimum Gasteiger partial charge on any atom is -0.475 e. The largest absolute Gasteiger partial charge is 0.490 e. The first-order valence-electron chi connectivity index (χ1n) is 10.9. The number of halogens is 3. The molecule has 11 heteroatoms. The van der Waals surface area contributed by atoms with Gasteiger partial charge in [-0.1, -0.05) is 0 Å². The van der Waals surface area contributed by atoms with E-state index in [9.17, 15) is 18.0 Å². The van der Waals surface area contributed by atoms with Gasteiger partial charge in [0.05, 0.1) is 25.2 Å². The number of fused-ring (bicyclic) bond motifs is 1. The average Bonchev–Trinajstić information content (AvgIpc) is 3.46. The Labute approximate surface area is 184 Å². The zero-order chi connectivity index (χ0) is 23.3. The van der Waals surface area contributed by atoms with Crippen LogP contribution >= 0.6 is 0 Å². The van der Waals surface area contributed by atoms with Crippen LogP contribution in [-0.2, 0) is 32.2 Å². The summed E-state index contributed by atoms with van der Waals surface area (Å²) in [7, 11) is 0. The second kappa shape index (κ2) is 10.7. The molecule has 1 N–H and O–H groups in total. The number of aliphatic carboxylic acids is 1. The summed E-state index contributed by atoms with van der Waals surface area (Å²) in [6.07, 6.45) is 1.73. The number of amides is 1. The van der Waals surface area contributed by atoms with Crippen LogP contribution in [0.15, 0.2) is 6.33 Å². The molecule has 3 aliphatic rings. The average molecular weight is 461 g/mol. The van der Waals surface area contributed by atoms with Crippen molar-refractivity contribution < 1.29 is 37.3 Å². The number of carboxylic acid groups (broad SMARTS) is 1. The summed E-state index contributed by atoms with van der Waals surface area (Å²) in [5, 5.41) is 7.12. The summed E-state index contributed by atoms with van der Waals surface area (Å²) in [6, 6.07) is 0. The van der Waals surface area contributed by atoms with Crippen LogP contribution in [0, 0.1) is 11.8 Å². The normalized spacial score (nSPS) is 21.5. The maximum Gasteiger partial charge on any atom is 0.490 e. The molecule has 1 unspecified atom stereocenters. The van der Waals surface area contributed by atoms with E-state index in [0.29, 0.717) is 19.1 Å². The number of rotatable bonds is 6. The quantitative estimate of drug-likeness (QED) is 0.700. The third-order valence-electron chi connectivity index (χ3n) is 5.98. The van der Waals surface area contributed by atoms with Gasteiger partial charge in [-0.3, -0.25) is 4.79 Å². The van der Waals surface area contributed by atoms with Crippen LogP contribution in [0.1, 0.15) is 49.9 Å². The smallest absolute Gasteiger partial charge is 0.475 e. The number of nitrogens with zero attached hydrogens (tertiary/aromatic N) is 3. The Hall–Kier alpha value is -2.14. The number of alkyl halides is 3. The van der Waals surface area contributed by atoms with E-state index in [0.717, 1.165) is 57.4 Å². The van der Waals surface area contributed by atoms with Crippen LogP contribution in [-0.4, -0.2) is 70.6 Å². The lowest BCUT2D eigenvalue weighted by molar-refractivity contribution is -0.192. The molecule has 0 spiro atoms. The molecule has 3 heterocycles. The summed E-state index contributed by atoms with van der Waals surface area (Å²) in [5.41, 5.74) is 2.36. The number of hydrogen-bond donors (Lipinski definition) is 1. The number of carbonyl (C=O) groups is 2. The van der Waals surface area contributed by atoms with Gasteiger partial charge >= 0.3 is 12.1 Å². The molecule has 1 aromatic heterocycles. The second-order valence-corrected chi connectivity index (χ2v) is 8.66. The molecule has 1 saturated heterocycles. The first-order valence-corrected chi connectivity index (χ1v) is 10.9. The molecule has 0 aromatic carbocycles. The summed E-state index contributed by atoms with van der Waals surface area (Å²) in [6.45, 7) is 7.27. The Bertz CT molecular complexity index is 788. The number of hydrogen-bond acceptors (Lipinski definition) is 5. The Morgan fingerprint density at radius 1 is 1.19 bits per heavy atom. The van der Waals surface area contributed by atoms with Crippen molar-refractivity contribution in [1.82, 2.24) is 14.5 Å². The fraction of sp³-hybridized carbons (Fsp3) is 0.762. The molecule has 1 saturated carbocycles. The van der Waals surface area contributed by atoms with Crippen LogP contribution in [0.2, 0.25) is 0 Å². The topological polar surface area (TPSA) is 93.9 Å². The van der Waals surface area contributed by atoms with E-state index in [2.05, 4.69) is 9.55 Å². The highest BCUT2D eigenvalue weighted by molar-refractivity contribution is 5.73. The molecule has 0 radical (unpaired) electrons. The van der Waals surface area contributed by atoms with Gasteiger partial charge in [0.1, 0.15) is 0 Å². The number of imidazole rings is 1. The van der Waals surface area contributed by atoms with Crippen LogP contribution in [0.25, 0.3) is 0 Å². The SMILES string of the molecule is CC(=O)N1Cc2ncn(CC3CC3)c2C(COCC2CCOCC2)C1.O=C(O)C(F)(F)F. The molecule has 180 valence electrons. The van der Waals surface area contributed by atoms with E-state index in [1.807, 2.05) is 11.2 Å². The van der Waals surface area contributed by atoms with Crippen molar-refractivity contribution >= 4 is 11.9 Å². The van der Waals surface area contributed by atoms with Gasteiger partial charge in [-0.2, -0.15) is 13.2 Å². The predicted octanol–water partition coefficient (Wildman–Crippen LogP) is 2.82. The first-order chi connectivity index (χ1) is 15.1. The maximum absolute atomic E-state index is 11.9. The second-order valence-electron chi connectivity index (χ2n) is 8.66. The molecule has 1 atom stereocenters. The number of carbonyl (C=O) groups excluding carboxylic acids is 1. The molecule has 1 amide bonds. The Morgan fingerprint density at radius 3 is 2.41 bits per heavy atom. The van der Waals surface area contributed by atoms with Crippen molar-refractivity contribution in [1.29, 1.82) is 0 Å². The molecular weight excluding hydrogens is 431 g/mol. The van der Waals surface area contributed by atoms with Gasteiger partial charge in [-0.25, -0.2) is 9.78 Å². The van der Waals surface area contributed by atoms with Crippen LogP contribution in [0.5, 0.6) is 0 Å². The van der Waals surface area contributed by atoms with Gasteiger partial charge in [0, 0.05) is 51.4 Å². The molecule has 32 heavy (non-hydrogen) atoms. The van der Waals surface area contributed by atoms with Crippen LogP contribution in [0.3, 0.4) is 0 Å². The van der Waals surface area contributed by atoms with Crippen LogP contribution < -0.4 is 0 Å². The van der Waals surface area contributed by atoms with Crippen molar-refractivity contribution in [2.75, 3.05) is 33.0 Å². The fourth-order valence-electron chi connectivity index (χ4n) is 4.01. The van der Waals surface area contributed by atoms with E-state index in [4.69, 9.17) is 19.4 Å². The summed E-state index contributed by atoms with van der Waals surface area (Å²) in [4.78, 5) is 27.3. The zero-order valence-electron chi connectivity index (χ0n) is 18.1. The highest BCUT2D eigenvalue weighted by Gasteiger charge is 2.38. The van der Waals surface area contributed by atoms with E-state index in [1.54, 1.807) is 6.92 Å². The van der Waals surface area contributed by atoms with Gasteiger partial charge < -0.3 is 24.0 Å². The highest BCUT2D eigenvalue weighted by atomic mass is 19.4. The van der Waals surface area contributed by atoms with Gasteiger partial charge in [-0.05, 0) is 37.5 Å². The Kier molecular flexibility index (Phi) is 8.16. The predicted molar refractivity (Wildman–Crippen MR) is 107 cm³/mol. The van der Waals surface area contributed by atoms with Gasteiger partial charge in [0.15, 0.2) is 0 Å². The maximum atomic E-state index is 11.9. The van der Waals surface area contributed by atoms with E-state index in [-0.39, 0.29) is 11.8 Å². The zero-order valence-corrected chi connectivity index (χ0v) is 18.1. The summed E-state index contributed by atoms with van der Waals surface area (Å²) < 4.78 is 45.6.